The summed E-state index contributed by atoms with van der Waals surface area (Å²) in [6, 6.07) is 5.51. The van der Waals surface area contributed by atoms with Crippen LogP contribution in [0.15, 0.2) is 18.2 Å². The summed E-state index contributed by atoms with van der Waals surface area (Å²) in [5.74, 6) is -0.0935. The normalized spacial score (nSPS) is 15.7. The largest absolute Gasteiger partial charge is 0.397 e. The van der Waals surface area contributed by atoms with Gasteiger partial charge < -0.3 is 16.0 Å². The Kier molecular flexibility index (Phi) is 4.33. The van der Waals surface area contributed by atoms with Crippen molar-refractivity contribution in [1.82, 2.24) is 10.2 Å². The lowest BCUT2D eigenvalue weighted by atomic mass is 10.2. The van der Waals surface area contributed by atoms with Crippen LogP contribution in [0.1, 0.15) is 22.5 Å². The van der Waals surface area contributed by atoms with E-state index in [9.17, 15) is 4.79 Å². The molecule has 0 atom stereocenters. The van der Waals surface area contributed by atoms with Crippen LogP contribution in [0.2, 0.25) is 5.02 Å². The predicted octanol–water partition coefficient (Wildman–Crippen LogP) is 2.96. The van der Waals surface area contributed by atoms with Gasteiger partial charge in [0.05, 0.1) is 5.69 Å². The maximum absolute atomic E-state index is 12.3. The molecule has 2 aromatic rings. The van der Waals surface area contributed by atoms with E-state index in [4.69, 9.17) is 17.3 Å². The summed E-state index contributed by atoms with van der Waals surface area (Å²) in [4.78, 5) is 15.2. The van der Waals surface area contributed by atoms with Crippen molar-refractivity contribution < 1.29 is 4.79 Å². The van der Waals surface area contributed by atoms with Crippen LogP contribution in [-0.4, -0.2) is 37.0 Å². The molecule has 4 nitrogen and oxygen atoms in total. The van der Waals surface area contributed by atoms with Crippen molar-refractivity contribution in [1.29, 1.82) is 0 Å². The summed E-state index contributed by atoms with van der Waals surface area (Å²) in [7, 11) is 0. The summed E-state index contributed by atoms with van der Waals surface area (Å²) >= 11 is 7.37. The number of amides is 1. The number of nitrogens with two attached hydrogens (primary N) is 1. The second-order valence-corrected chi connectivity index (χ2v) is 6.78. The Morgan fingerprint density at radius 2 is 2.14 bits per heavy atom. The van der Waals surface area contributed by atoms with Crippen molar-refractivity contribution in [3.63, 3.8) is 0 Å². The number of thiophene rings is 1. The summed E-state index contributed by atoms with van der Waals surface area (Å²) in [6.07, 6.45) is 2.52. The molecule has 1 aromatic heterocycles. The number of anilines is 1. The van der Waals surface area contributed by atoms with E-state index in [1.807, 2.05) is 12.1 Å². The molecule has 0 bridgehead atoms. The van der Waals surface area contributed by atoms with Gasteiger partial charge in [-0.15, -0.1) is 11.3 Å². The molecule has 0 unspecified atom stereocenters. The Balaban J connectivity index is 1.67. The van der Waals surface area contributed by atoms with Gasteiger partial charge in [0.25, 0.3) is 5.91 Å². The van der Waals surface area contributed by atoms with Crippen LogP contribution in [0.25, 0.3) is 10.1 Å². The molecule has 1 amide bonds. The first kappa shape index (κ1) is 14.6. The fourth-order valence-electron chi connectivity index (χ4n) is 2.67. The van der Waals surface area contributed by atoms with E-state index in [0.29, 0.717) is 22.1 Å². The smallest absolute Gasteiger partial charge is 0.263 e. The molecule has 21 heavy (non-hydrogen) atoms. The molecule has 0 aliphatic carbocycles. The lowest BCUT2D eigenvalue weighted by Gasteiger charge is -2.14. The maximum Gasteiger partial charge on any atom is 0.263 e. The molecule has 1 fully saturated rings. The van der Waals surface area contributed by atoms with Gasteiger partial charge in [0.15, 0.2) is 0 Å². The Labute approximate surface area is 132 Å². The van der Waals surface area contributed by atoms with Crippen LogP contribution in [0, 0.1) is 0 Å². The zero-order valence-corrected chi connectivity index (χ0v) is 13.3. The molecule has 0 radical (unpaired) electrons. The number of nitrogens with one attached hydrogen (secondary N) is 1. The number of carbonyl (C=O) groups excluding carboxylic acids is 1. The molecule has 2 heterocycles. The number of nitrogen functional groups attached to an aromatic ring is 1. The van der Waals surface area contributed by atoms with Gasteiger partial charge in [0.2, 0.25) is 0 Å². The molecule has 112 valence electrons. The summed E-state index contributed by atoms with van der Waals surface area (Å²) in [5, 5.41) is 4.51. The molecule has 0 spiro atoms. The number of carbonyl (C=O) groups is 1. The predicted molar refractivity (Wildman–Crippen MR) is 89.3 cm³/mol. The van der Waals surface area contributed by atoms with Crippen molar-refractivity contribution in [2.75, 3.05) is 31.9 Å². The summed E-state index contributed by atoms with van der Waals surface area (Å²) < 4.78 is 0.949. The molecule has 3 rings (SSSR count). The maximum atomic E-state index is 12.3. The lowest BCUT2D eigenvalue weighted by molar-refractivity contribution is 0.0954. The number of fused-ring (bicyclic) bond motifs is 1. The Morgan fingerprint density at radius 1 is 1.38 bits per heavy atom. The number of hydrogen-bond acceptors (Lipinski definition) is 4. The van der Waals surface area contributed by atoms with E-state index >= 15 is 0 Å². The lowest BCUT2D eigenvalue weighted by Crippen LogP contribution is -2.33. The number of halogens is 1. The van der Waals surface area contributed by atoms with E-state index in [-0.39, 0.29) is 5.91 Å². The highest BCUT2D eigenvalue weighted by atomic mass is 35.5. The third-order valence-electron chi connectivity index (χ3n) is 3.81. The van der Waals surface area contributed by atoms with Gasteiger partial charge in [-0.2, -0.15) is 0 Å². The monoisotopic (exact) mass is 323 g/mol. The molecular weight excluding hydrogens is 306 g/mol. The van der Waals surface area contributed by atoms with Gasteiger partial charge in [0, 0.05) is 28.2 Å². The van der Waals surface area contributed by atoms with Gasteiger partial charge >= 0.3 is 0 Å². The van der Waals surface area contributed by atoms with Crippen molar-refractivity contribution in [2.24, 2.45) is 0 Å². The number of hydrogen-bond donors (Lipinski definition) is 2. The van der Waals surface area contributed by atoms with E-state index in [1.54, 1.807) is 6.07 Å². The van der Waals surface area contributed by atoms with Gasteiger partial charge in [-0.05, 0) is 44.1 Å². The summed E-state index contributed by atoms with van der Waals surface area (Å²) in [6.45, 7) is 3.84. The van der Waals surface area contributed by atoms with E-state index in [1.165, 1.54) is 24.2 Å². The minimum absolute atomic E-state index is 0.0935. The molecule has 0 saturated carbocycles. The molecule has 1 aliphatic heterocycles. The number of nitrogens with zero attached hydrogens (tertiary/aromatic N) is 1. The van der Waals surface area contributed by atoms with E-state index in [0.717, 1.165) is 29.7 Å². The van der Waals surface area contributed by atoms with Crippen molar-refractivity contribution in [2.45, 2.75) is 12.8 Å². The van der Waals surface area contributed by atoms with Crippen LogP contribution in [0.4, 0.5) is 5.69 Å². The minimum atomic E-state index is -0.0935. The van der Waals surface area contributed by atoms with Crippen LogP contribution >= 0.6 is 22.9 Å². The fourth-order valence-corrected chi connectivity index (χ4v) is 3.99. The average molecular weight is 324 g/mol. The zero-order valence-electron chi connectivity index (χ0n) is 11.7. The van der Waals surface area contributed by atoms with Gasteiger partial charge in [-0.25, -0.2) is 0 Å². The highest BCUT2D eigenvalue weighted by molar-refractivity contribution is 7.21. The van der Waals surface area contributed by atoms with Gasteiger partial charge in [-0.1, -0.05) is 11.6 Å². The van der Waals surface area contributed by atoms with Gasteiger partial charge in [-0.3, -0.25) is 4.79 Å². The fraction of sp³-hybridized carbons (Fsp3) is 0.400. The average Bonchev–Trinajstić information content (AvgIpc) is 3.07. The first-order chi connectivity index (χ1) is 10.1. The van der Waals surface area contributed by atoms with Gasteiger partial charge in [0.1, 0.15) is 4.88 Å². The molecule has 1 aliphatic rings. The molecule has 1 aromatic carbocycles. The second kappa shape index (κ2) is 6.22. The van der Waals surface area contributed by atoms with Crippen LogP contribution < -0.4 is 11.1 Å². The number of benzene rings is 1. The van der Waals surface area contributed by atoms with Crippen molar-refractivity contribution in [3.05, 3.63) is 28.1 Å². The quantitative estimate of drug-likeness (QED) is 0.909. The second-order valence-electron chi connectivity index (χ2n) is 5.29. The van der Waals surface area contributed by atoms with E-state index in [2.05, 4.69) is 10.2 Å². The standard InChI is InChI=1S/C15H18ClN3OS/c16-10-3-4-11-12(9-10)21-14(13(11)17)15(20)18-5-8-19-6-1-2-7-19/h3-4,9H,1-2,5-8,17H2,(H,18,20). The SMILES string of the molecule is Nc1c(C(=O)NCCN2CCCC2)sc2cc(Cl)ccc12. The first-order valence-electron chi connectivity index (χ1n) is 7.13. The van der Waals surface area contributed by atoms with Crippen molar-refractivity contribution >= 4 is 44.6 Å². The molecule has 3 N–H and O–H groups in total. The van der Waals surface area contributed by atoms with Crippen LogP contribution in [-0.2, 0) is 0 Å². The topological polar surface area (TPSA) is 58.4 Å². The molecule has 6 heteroatoms. The highest BCUT2D eigenvalue weighted by Gasteiger charge is 2.17. The van der Waals surface area contributed by atoms with Crippen molar-refractivity contribution in [3.8, 4) is 0 Å². The zero-order chi connectivity index (χ0) is 14.8. The van der Waals surface area contributed by atoms with Crippen LogP contribution in [0.5, 0.6) is 0 Å². The minimum Gasteiger partial charge on any atom is -0.397 e. The highest BCUT2D eigenvalue weighted by Crippen LogP contribution is 2.35. The van der Waals surface area contributed by atoms with E-state index < -0.39 is 0 Å². The summed E-state index contributed by atoms with van der Waals surface area (Å²) in [5.41, 5.74) is 6.63. The number of likely N-dealkylation sites (tertiary alicyclic amines) is 1. The third kappa shape index (κ3) is 3.15. The van der Waals surface area contributed by atoms with Crippen LogP contribution in [0.3, 0.4) is 0 Å². The molecule has 1 saturated heterocycles. The Bertz CT molecular complexity index is 664. The molecular formula is C15H18ClN3OS. The Morgan fingerprint density at radius 3 is 2.90 bits per heavy atom. The number of rotatable bonds is 4. The Hall–Kier alpha value is -1.30. The third-order valence-corrected chi connectivity index (χ3v) is 5.21. The first-order valence-corrected chi connectivity index (χ1v) is 8.32.